The van der Waals surface area contributed by atoms with Crippen molar-refractivity contribution in [2.45, 2.75) is 26.2 Å². The van der Waals surface area contributed by atoms with E-state index in [2.05, 4.69) is 25.3 Å². The zero-order chi connectivity index (χ0) is 20.0. The third-order valence-electron chi connectivity index (χ3n) is 4.55. The number of aliphatic imine (C=N–C) groups is 1. The average Bonchev–Trinajstić information content (AvgIpc) is 3.18. The molecule has 2 heterocycles. The molecule has 0 spiro atoms. The van der Waals surface area contributed by atoms with E-state index in [0.717, 1.165) is 56.5 Å². The van der Waals surface area contributed by atoms with Crippen LogP contribution in [0.3, 0.4) is 0 Å². The van der Waals surface area contributed by atoms with Crippen LogP contribution in [0, 0.1) is 0 Å². The van der Waals surface area contributed by atoms with Crippen molar-refractivity contribution in [1.82, 2.24) is 20.3 Å². The number of alkyl halides is 3. The standard InChI is InChI=1S/C19H24F3N5O.HI/c1-2-23-18(24-13-15-4-3-5-16(12-15)19(20,21)22)27-9-7-26(8-10-27)14-17-6-11-28-25-17;/h3-6,11-12H,2,7-10,13-14H2,1H3,(H,23,24);1H. The molecule has 0 saturated carbocycles. The molecular formula is C19H25F3IN5O. The van der Waals surface area contributed by atoms with Gasteiger partial charge < -0.3 is 14.7 Å². The number of aromatic nitrogens is 1. The lowest BCUT2D eigenvalue weighted by atomic mass is 10.1. The third-order valence-corrected chi connectivity index (χ3v) is 4.55. The maximum absolute atomic E-state index is 12.9. The number of hydrogen-bond donors (Lipinski definition) is 1. The molecule has 0 amide bonds. The van der Waals surface area contributed by atoms with Crippen molar-refractivity contribution in [3.63, 3.8) is 0 Å². The Morgan fingerprint density at radius 2 is 1.97 bits per heavy atom. The Hall–Kier alpha value is -1.82. The zero-order valence-electron chi connectivity index (χ0n) is 16.2. The summed E-state index contributed by atoms with van der Waals surface area (Å²) in [6.07, 6.45) is -2.78. The molecule has 0 radical (unpaired) electrons. The van der Waals surface area contributed by atoms with Gasteiger partial charge in [-0.25, -0.2) is 4.99 Å². The molecule has 6 nitrogen and oxygen atoms in total. The fourth-order valence-electron chi connectivity index (χ4n) is 3.10. The Labute approximate surface area is 185 Å². The molecule has 0 unspecified atom stereocenters. The van der Waals surface area contributed by atoms with E-state index in [4.69, 9.17) is 4.52 Å². The molecule has 10 heteroatoms. The summed E-state index contributed by atoms with van der Waals surface area (Å²) in [6.45, 7) is 6.87. The predicted octanol–water partition coefficient (Wildman–Crippen LogP) is 3.59. The number of rotatable bonds is 5. The first-order chi connectivity index (χ1) is 13.5. The van der Waals surface area contributed by atoms with Gasteiger partial charge in [-0.05, 0) is 24.6 Å². The highest BCUT2D eigenvalue weighted by Crippen LogP contribution is 2.29. The molecule has 0 aliphatic carbocycles. The lowest BCUT2D eigenvalue weighted by molar-refractivity contribution is -0.137. The van der Waals surface area contributed by atoms with Gasteiger partial charge in [-0.15, -0.1) is 24.0 Å². The number of benzene rings is 1. The minimum Gasteiger partial charge on any atom is -0.364 e. The summed E-state index contributed by atoms with van der Waals surface area (Å²) in [5.41, 5.74) is 0.792. The summed E-state index contributed by atoms with van der Waals surface area (Å²) < 4.78 is 43.5. The van der Waals surface area contributed by atoms with E-state index < -0.39 is 11.7 Å². The number of nitrogens with one attached hydrogen (secondary N) is 1. The number of piperazine rings is 1. The minimum atomic E-state index is -4.34. The fourth-order valence-corrected chi connectivity index (χ4v) is 3.10. The second-order valence-electron chi connectivity index (χ2n) is 6.62. The van der Waals surface area contributed by atoms with Crippen LogP contribution in [0.25, 0.3) is 0 Å². The zero-order valence-corrected chi connectivity index (χ0v) is 18.5. The van der Waals surface area contributed by atoms with Crippen molar-refractivity contribution in [3.05, 3.63) is 53.4 Å². The Bertz CT molecular complexity index is 774. The minimum absolute atomic E-state index is 0. The van der Waals surface area contributed by atoms with Gasteiger partial charge in [0.1, 0.15) is 6.26 Å². The van der Waals surface area contributed by atoms with Crippen LogP contribution in [-0.4, -0.2) is 53.6 Å². The van der Waals surface area contributed by atoms with Gasteiger partial charge in [0.05, 0.1) is 17.8 Å². The lowest BCUT2D eigenvalue weighted by Crippen LogP contribution is -2.52. The highest BCUT2D eigenvalue weighted by Gasteiger charge is 2.30. The van der Waals surface area contributed by atoms with Crippen LogP contribution in [-0.2, 0) is 19.3 Å². The third kappa shape index (κ3) is 6.88. The van der Waals surface area contributed by atoms with Gasteiger partial charge in [0.2, 0.25) is 0 Å². The van der Waals surface area contributed by atoms with Crippen LogP contribution in [0.5, 0.6) is 0 Å². The van der Waals surface area contributed by atoms with E-state index in [-0.39, 0.29) is 30.5 Å². The van der Waals surface area contributed by atoms with Gasteiger partial charge >= 0.3 is 6.18 Å². The smallest absolute Gasteiger partial charge is 0.364 e. The highest BCUT2D eigenvalue weighted by molar-refractivity contribution is 14.0. The van der Waals surface area contributed by atoms with Crippen LogP contribution in [0.2, 0.25) is 0 Å². The Morgan fingerprint density at radius 3 is 2.59 bits per heavy atom. The molecule has 2 aromatic rings. The summed E-state index contributed by atoms with van der Waals surface area (Å²) >= 11 is 0. The van der Waals surface area contributed by atoms with E-state index in [9.17, 15) is 13.2 Å². The maximum atomic E-state index is 12.9. The first-order valence-corrected chi connectivity index (χ1v) is 9.26. The average molecular weight is 523 g/mol. The number of nitrogens with zero attached hydrogens (tertiary/aromatic N) is 4. The van der Waals surface area contributed by atoms with Crippen LogP contribution in [0.4, 0.5) is 13.2 Å². The summed E-state index contributed by atoms with van der Waals surface area (Å²) in [5, 5.41) is 7.17. The van der Waals surface area contributed by atoms with E-state index in [1.165, 1.54) is 6.07 Å². The maximum Gasteiger partial charge on any atom is 0.416 e. The van der Waals surface area contributed by atoms with Gasteiger partial charge in [-0.1, -0.05) is 17.3 Å². The molecule has 1 fully saturated rings. The van der Waals surface area contributed by atoms with Crippen molar-refractivity contribution < 1.29 is 17.7 Å². The second kappa shape index (κ2) is 10.8. The van der Waals surface area contributed by atoms with E-state index in [1.54, 1.807) is 12.3 Å². The van der Waals surface area contributed by atoms with Crippen LogP contribution in [0.1, 0.15) is 23.7 Å². The first kappa shape index (κ1) is 23.5. The topological polar surface area (TPSA) is 56.9 Å². The summed E-state index contributed by atoms with van der Waals surface area (Å²) in [7, 11) is 0. The van der Waals surface area contributed by atoms with Crippen molar-refractivity contribution in [2.75, 3.05) is 32.7 Å². The number of guanidine groups is 1. The Balaban J connectivity index is 0.00000300. The quantitative estimate of drug-likeness (QED) is 0.369. The number of halogens is 4. The SMILES string of the molecule is CCNC(=NCc1cccc(C(F)(F)F)c1)N1CCN(Cc2ccon2)CC1.I. The molecule has 160 valence electrons. The van der Waals surface area contributed by atoms with Gasteiger partial charge in [0.15, 0.2) is 5.96 Å². The van der Waals surface area contributed by atoms with Crippen molar-refractivity contribution in [2.24, 2.45) is 4.99 Å². The molecule has 0 bridgehead atoms. The normalized spacial score (nSPS) is 15.9. The molecule has 3 rings (SSSR count). The van der Waals surface area contributed by atoms with Gasteiger partial charge in [-0.2, -0.15) is 13.2 Å². The van der Waals surface area contributed by atoms with Crippen molar-refractivity contribution in [1.29, 1.82) is 0 Å². The predicted molar refractivity (Wildman–Crippen MR) is 115 cm³/mol. The summed E-state index contributed by atoms with van der Waals surface area (Å²) in [5.74, 6) is 0.723. The fraction of sp³-hybridized carbons (Fsp3) is 0.474. The van der Waals surface area contributed by atoms with E-state index in [1.807, 2.05) is 13.0 Å². The van der Waals surface area contributed by atoms with Crippen LogP contribution < -0.4 is 5.32 Å². The van der Waals surface area contributed by atoms with Crippen LogP contribution >= 0.6 is 24.0 Å². The monoisotopic (exact) mass is 523 g/mol. The van der Waals surface area contributed by atoms with Crippen LogP contribution in [0.15, 0.2) is 46.1 Å². The molecule has 1 aliphatic rings. The van der Waals surface area contributed by atoms with Gasteiger partial charge in [0.25, 0.3) is 0 Å². The molecule has 0 atom stereocenters. The van der Waals surface area contributed by atoms with E-state index in [0.29, 0.717) is 12.1 Å². The van der Waals surface area contributed by atoms with Gasteiger partial charge in [0, 0.05) is 45.3 Å². The largest absolute Gasteiger partial charge is 0.416 e. The van der Waals surface area contributed by atoms with Crippen molar-refractivity contribution >= 4 is 29.9 Å². The first-order valence-electron chi connectivity index (χ1n) is 9.26. The molecule has 1 aliphatic heterocycles. The molecule has 29 heavy (non-hydrogen) atoms. The Kier molecular flexibility index (Phi) is 8.75. The molecule has 1 saturated heterocycles. The Morgan fingerprint density at radius 1 is 1.21 bits per heavy atom. The number of hydrogen-bond acceptors (Lipinski definition) is 4. The molecule has 1 aromatic heterocycles. The van der Waals surface area contributed by atoms with E-state index >= 15 is 0 Å². The summed E-state index contributed by atoms with van der Waals surface area (Å²) in [4.78, 5) is 8.97. The molecule has 1 aromatic carbocycles. The summed E-state index contributed by atoms with van der Waals surface area (Å²) in [6, 6.07) is 7.17. The second-order valence-corrected chi connectivity index (χ2v) is 6.62. The van der Waals surface area contributed by atoms with Gasteiger partial charge in [-0.3, -0.25) is 4.90 Å². The lowest BCUT2D eigenvalue weighted by Gasteiger charge is -2.36. The molecular weight excluding hydrogens is 498 g/mol. The van der Waals surface area contributed by atoms with Crippen molar-refractivity contribution in [3.8, 4) is 0 Å². The molecule has 1 N–H and O–H groups in total. The highest BCUT2D eigenvalue weighted by atomic mass is 127.